The van der Waals surface area contributed by atoms with E-state index in [4.69, 9.17) is 9.47 Å². The number of hydrogen-bond acceptors (Lipinski definition) is 2. The van der Waals surface area contributed by atoms with Gasteiger partial charge in [-0.15, -0.1) is 0 Å². The van der Waals surface area contributed by atoms with Crippen LogP contribution in [0.4, 0.5) is 0 Å². The second-order valence-corrected chi connectivity index (χ2v) is 4.86. The van der Waals surface area contributed by atoms with Gasteiger partial charge in [0.15, 0.2) is 0 Å². The van der Waals surface area contributed by atoms with Crippen molar-refractivity contribution in [2.75, 3.05) is 14.2 Å². The first-order valence-electron chi connectivity index (χ1n) is 5.67. The maximum atomic E-state index is 5.58. The Morgan fingerprint density at radius 1 is 0.833 bits per heavy atom. The fourth-order valence-corrected chi connectivity index (χ4v) is 2.15. The second-order valence-electron chi connectivity index (χ2n) is 3.94. The number of benzene rings is 2. The lowest BCUT2D eigenvalue weighted by atomic mass is 10.0. The van der Waals surface area contributed by atoms with Crippen LogP contribution in [-0.2, 0) is 4.74 Å². The molecule has 0 aromatic heterocycles. The first-order chi connectivity index (χ1) is 8.74. The van der Waals surface area contributed by atoms with Gasteiger partial charge in [0.05, 0.1) is 7.11 Å². The van der Waals surface area contributed by atoms with Crippen molar-refractivity contribution in [3.63, 3.8) is 0 Å². The van der Waals surface area contributed by atoms with E-state index in [1.807, 2.05) is 36.4 Å². The summed E-state index contributed by atoms with van der Waals surface area (Å²) >= 11 is 3.43. The third kappa shape index (κ3) is 2.92. The zero-order valence-corrected chi connectivity index (χ0v) is 12.0. The number of ether oxygens (including phenoxy) is 2. The van der Waals surface area contributed by atoms with Crippen LogP contribution in [0, 0.1) is 0 Å². The molecule has 0 aliphatic carbocycles. The minimum absolute atomic E-state index is 0.0518. The van der Waals surface area contributed by atoms with Gasteiger partial charge in [0, 0.05) is 11.6 Å². The highest BCUT2D eigenvalue weighted by atomic mass is 79.9. The van der Waals surface area contributed by atoms with Gasteiger partial charge >= 0.3 is 0 Å². The van der Waals surface area contributed by atoms with Crippen molar-refractivity contribution in [3.8, 4) is 5.75 Å². The highest BCUT2D eigenvalue weighted by Crippen LogP contribution is 2.27. The molecule has 3 heteroatoms. The molecule has 0 aliphatic rings. The summed E-state index contributed by atoms with van der Waals surface area (Å²) in [5, 5.41) is 0. The molecule has 2 aromatic carbocycles. The molecule has 0 aliphatic heterocycles. The molecule has 0 heterocycles. The van der Waals surface area contributed by atoms with E-state index in [0.717, 1.165) is 21.3 Å². The Morgan fingerprint density at radius 2 is 1.33 bits per heavy atom. The SMILES string of the molecule is COc1ccc(C(OC)c2ccc(Br)cc2)cc1. The lowest BCUT2D eigenvalue weighted by Crippen LogP contribution is -2.03. The molecular weight excluding hydrogens is 292 g/mol. The van der Waals surface area contributed by atoms with Crippen molar-refractivity contribution in [3.05, 3.63) is 64.1 Å². The first-order valence-corrected chi connectivity index (χ1v) is 6.46. The van der Waals surface area contributed by atoms with Gasteiger partial charge in [-0.05, 0) is 35.4 Å². The fourth-order valence-electron chi connectivity index (χ4n) is 1.88. The predicted octanol–water partition coefficient (Wildman–Crippen LogP) is 4.19. The molecule has 2 rings (SSSR count). The first kappa shape index (κ1) is 13.1. The summed E-state index contributed by atoms with van der Waals surface area (Å²) in [6.45, 7) is 0. The summed E-state index contributed by atoms with van der Waals surface area (Å²) in [5.41, 5.74) is 2.24. The molecule has 18 heavy (non-hydrogen) atoms. The van der Waals surface area contributed by atoms with E-state index in [1.165, 1.54) is 0 Å². The molecule has 2 aromatic rings. The molecule has 0 fully saturated rings. The number of hydrogen-bond donors (Lipinski definition) is 0. The molecule has 0 bridgehead atoms. The highest BCUT2D eigenvalue weighted by molar-refractivity contribution is 9.10. The van der Waals surface area contributed by atoms with Crippen LogP contribution in [0.5, 0.6) is 5.75 Å². The largest absolute Gasteiger partial charge is 0.497 e. The molecule has 2 nitrogen and oxygen atoms in total. The van der Waals surface area contributed by atoms with Gasteiger partial charge in [-0.25, -0.2) is 0 Å². The monoisotopic (exact) mass is 306 g/mol. The van der Waals surface area contributed by atoms with E-state index >= 15 is 0 Å². The van der Waals surface area contributed by atoms with Crippen molar-refractivity contribution in [1.82, 2.24) is 0 Å². The van der Waals surface area contributed by atoms with E-state index in [-0.39, 0.29) is 6.10 Å². The molecule has 1 unspecified atom stereocenters. The molecule has 0 amide bonds. The topological polar surface area (TPSA) is 18.5 Å². The van der Waals surface area contributed by atoms with E-state index in [1.54, 1.807) is 14.2 Å². The third-order valence-electron chi connectivity index (χ3n) is 2.83. The van der Waals surface area contributed by atoms with Gasteiger partial charge in [0.25, 0.3) is 0 Å². The molecule has 0 spiro atoms. The molecule has 0 radical (unpaired) electrons. The summed E-state index contributed by atoms with van der Waals surface area (Å²) in [6, 6.07) is 16.1. The van der Waals surface area contributed by atoms with Crippen LogP contribution >= 0.6 is 15.9 Å². The quantitative estimate of drug-likeness (QED) is 0.843. The van der Waals surface area contributed by atoms with Gasteiger partial charge in [-0.2, -0.15) is 0 Å². The number of halogens is 1. The van der Waals surface area contributed by atoms with E-state index in [9.17, 15) is 0 Å². The molecule has 0 saturated carbocycles. The molecule has 0 N–H and O–H groups in total. The van der Waals surface area contributed by atoms with Crippen LogP contribution in [0.3, 0.4) is 0 Å². The van der Waals surface area contributed by atoms with Crippen LogP contribution in [0.15, 0.2) is 53.0 Å². The van der Waals surface area contributed by atoms with Crippen LogP contribution < -0.4 is 4.74 Å². The van der Waals surface area contributed by atoms with E-state index in [0.29, 0.717) is 0 Å². The normalized spacial score (nSPS) is 12.2. The van der Waals surface area contributed by atoms with Gasteiger partial charge in [-0.1, -0.05) is 40.2 Å². The van der Waals surface area contributed by atoms with E-state index in [2.05, 4.69) is 28.1 Å². The van der Waals surface area contributed by atoms with Crippen molar-refractivity contribution >= 4 is 15.9 Å². The van der Waals surface area contributed by atoms with Crippen molar-refractivity contribution < 1.29 is 9.47 Å². The summed E-state index contributed by atoms with van der Waals surface area (Å²) in [5.74, 6) is 0.851. The van der Waals surface area contributed by atoms with E-state index < -0.39 is 0 Å². The smallest absolute Gasteiger partial charge is 0.118 e. The maximum absolute atomic E-state index is 5.58. The number of rotatable bonds is 4. The molecule has 1 atom stereocenters. The fraction of sp³-hybridized carbons (Fsp3) is 0.200. The van der Waals surface area contributed by atoms with Gasteiger partial charge in [-0.3, -0.25) is 0 Å². The maximum Gasteiger partial charge on any atom is 0.118 e. The Morgan fingerprint density at radius 3 is 1.78 bits per heavy atom. The lowest BCUT2D eigenvalue weighted by Gasteiger charge is -2.16. The van der Waals surface area contributed by atoms with Crippen molar-refractivity contribution in [2.45, 2.75) is 6.10 Å². The minimum Gasteiger partial charge on any atom is -0.497 e. The predicted molar refractivity (Wildman–Crippen MR) is 76.0 cm³/mol. The van der Waals surface area contributed by atoms with Gasteiger partial charge in [0.1, 0.15) is 11.9 Å². The van der Waals surface area contributed by atoms with Crippen LogP contribution in [-0.4, -0.2) is 14.2 Å². The van der Waals surface area contributed by atoms with Crippen LogP contribution in [0.25, 0.3) is 0 Å². The second kappa shape index (κ2) is 6.03. The summed E-state index contributed by atoms with van der Waals surface area (Å²) in [6.07, 6.45) is -0.0518. The Bertz CT molecular complexity index is 491. The highest BCUT2D eigenvalue weighted by Gasteiger charge is 2.12. The minimum atomic E-state index is -0.0518. The Balaban J connectivity index is 2.29. The lowest BCUT2D eigenvalue weighted by molar-refractivity contribution is 0.136. The average Bonchev–Trinajstić information content (AvgIpc) is 2.42. The summed E-state index contributed by atoms with van der Waals surface area (Å²) < 4.78 is 11.8. The van der Waals surface area contributed by atoms with Crippen LogP contribution in [0.1, 0.15) is 17.2 Å². The summed E-state index contributed by atoms with van der Waals surface area (Å²) in [7, 11) is 3.38. The molecular formula is C15H15BrO2. The average molecular weight is 307 g/mol. The zero-order chi connectivity index (χ0) is 13.0. The van der Waals surface area contributed by atoms with Gasteiger partial charge in [0.2, 0.25) is 0 Å². The van der Waals surface area contributed by atoms with Gasteiger partial charge < -0.3 is 9.47 Å². The Kier molecular flexibility index (Phi) is 4.39. The standard InChI is InChI=1S/C15H15BrO2/c1-17-14-9-5-12(6-10-14)15(18-2)11-3-7-13(16)8-4-11/h3-10,15H,1-2H3. The molecule has 0 saturated heterocycles. The number of methoxy groups -OCH3 is 2. The van der Waals surface area contributed by atoms with Crippen molar-refractivity contribution in [2.24, 2.45) is 0 Å². The molecule has 94 valence electrons. The Hall–Kier alpha value is -1.32. The third-order valence-corrected chi connectivity index (χ3v) is 3.36. The zero-order valence-electron chi connectivity index (χ0n) is 10.4. The summed E-state index contributed by atoms with van der Waals surface area (Å²) in [4.78, 5) is 0. The van der Waals surface area contributed by atoms with Crippen LogP contribution in [0.2, 0.25) is 0 Å². The van der Waals surface area contributed by atoms with Crippen molar-refractivity contribution in [1.29, 1.82) is 0 Å². The Labute approximate surface area is 116 Å².